The summed E-state index contributed by atoms with van der Waals surface area (Å²) in [7, 11) is -0.393. The molecule has 2 aromatic rings. The van der Waals surface area contributed by atoms with Crippen molar-refractivity contribution < 1.29 is 27.8 Å². The summed E-state index contributed by atoms with van der Waals surface area (Å²) >= 11 is 12.1. The number of hydrogen-bond donors (Lipinski definition) is 3. The molecular formula is C31H39Cl2N5O6S. The van der Waals surface area contributed by atoms with Crippen LogP contribution in [0.25, 0.3) is 0 Å². The molecule has 11 nitrogen and oxygen atoms in total. The van der Waals surface area contributed by atoms with Gasteiger partial charge in [-0.3, -0.25) is 4.79 Å². The molecule has 0 radical (unpaired) electrons. The summed E-state index contributed by atoms with van der Waals surface area (Å²) in [5.74, 6) is 0.791. The number of benzene rings is 2. The van der Waals surface area contributed by atoms with Gasteiger partial charge in [-0.1, -0.05) is 35.4 Å². The first kappa shape index (κ1) is 33.5. The first-order chi connectivity index (χ1) is 21.5. The fourth-order valence-electron chi connectivity index (χ4n) is 6.18. The van der Waals surface area contributed by atoms with Crippen LogP contribution in [0.15, 0.2) is 47.6 Å². The minimum Gasteiger partial charge on any atom is -0.493 e. The maximum atomic E-state index is 13.7. The molecule has 2 aliphatic heterocycles. The maximum absolute atomic E-state index is 13.7. The minimum absolute atomic E-state index is 0.0127. The molecule has 1 saturated heterocycles. The van der Waals surface area contributed by atoms with Crippen LogP contribution in [-0.4, -0.2) is 86.7 Å². The highest BCUT2D eigenvalue weighted by Gasteiger charge is 2.43. The highest BCUT2D eigenvalue weighted by molar-refractivity contribution is 7.89. The third kappa shape index (κ3) is 7.26. The predicted octanol–water partition coefficient (Wildman–Crippen LogP) is 3.84. The standard InChI is InChI=1S/C31H39Cl2N5O6S/c1-43-27-8-7-19(17-28(27)44-2)30-22-5-3-4-6-23(22)31(40)38(36-30)21-9-12-37(13-10-21)45(41,42)14-11-35-18-26(39)20-15-24(32)29(34)25(33)16-20/h3-4,7-8,15-17,21-23,26,35,39H,5-6,9-14,18,34H2,1-2H3/t22-,23+,26?/m0/s1. The largest absolute Gasteiger partial charge is 0.493 e. The van der Waals surface area contributed by atoms with E-state index in [-0.39, 0.29) is 71.4 Å². The van der Waals surface area contributed by atoms with Crippen molar-refractivity contribution in [1.29, 1.82) is 0 Å². The normalized spacial score (nSPS) is 21.8. The Bertz CT molecular complexity index is 1560. The quantitative estimate of drug-likeness (QED) is 0.184. The number of halogens is 2. The number of sulfonamides is 1. The number of aliphatic hydroxyl groups excluding tert-OH is 1. The highest BCUT2D eigenvalue weighted by Crippen LogP contribution is 2.38. The molecule has 45 heavy (non-hydrogen) atoms. The van der Waals surface area contributed by atoms with E-state index < -0.39 is 16.1 Å². The molecule has 0 aromatic heterocycles. The second-order valence-electron chi connectivity index (χ2n) is 11.5. The fraction of sp³-hybridized carbons (Fsp3) is 0.484. The lowest BCUT2D eigenvalue weighted by Crippen LogP contribution is -2.53. The Morgan fingerprint density at radius 1 is 1.04 bits per heavy atom. The predicted molar refractivity (Wildman–Crippen MR) is 175 cm³/mol. The Kier molecular flexibility index (Phi) is 10.6. The number of amides is 1. The third-order valence-electron chi connectivity index (χ3n) is 8.74. The summed E-state index contributed by atoms with van der Waals surface area (Å²) < 4.78 is 38.7. The van der Waals surface area contributed by atoms with Crippen molar-refractivity contribution in [3.63, 3.8) is 0 Å². The van der Waals surface area contributed by atoms with E-state index >= 15 is 0 Å². The number of nitrogens with two attached hydrogens (primary N) is 1. The number of methoxy groups -OCH3 is 2. The second-order valence-corrected chi connectivity index (χ2v) is 14.4. The molecule has 4 N–H and O–H groups in total. The number of anilines is 1. The number of ether oxygens (including phenoxy) is 2. The summed E-state index contributed by atoms with van der Waals surface area (Å²) in [6.07, 6.45) is 5.53. The summed E-state index contributed by atoms with van der Waals surface area (Å²) in [5.41, 5.74) is 8.18. The summed E-state index contributed by atoms with van der Waals surface area (Å²) in [5, 5.41) is 20.5. The van der Waals surface area contributed by atoms with Crippen molar-refractivity contribution in [3.05, 3.63) is 63.7 Å². The van der Waals surface area contributed by atoms with Gasteiger partial charge in [0.1, 0.15) is 0 Å². The number of carbonyl (C=O) groups excluding carboxylic acids is 1. The van der Waals surface area contributed by atoms with Crippen molar-refractivity contribution in [1.82, 2.24) is 14.6 Å². The number of carbonyl (C=O) groups is 1. The Balaban J connectivity index is 1.21. The van der Waals surface area contributed by atoms with Gasteiger partial charge in [0.25, 0.3) is 0 Å². The lowest BCUT2D eigenvalue weighted by molar-refractivity contribution is -0.141. The molecule has 1 unspecified atom stereocenters. The number of allylic oxidation sites excluding steroid dienone is 2. The van der Waals surface area contributed by atoms with Crippen molar-refractivity contribution in [2.24, 2.45) is 16.9 Å². The summed E-state index contributed by atoms with van der Waals surface area (Å²) in [6, 6.07) is 8.53. The highest BCUT2D eigenvalue weighted by atomic mass is 35.5. The van der Waals surface area contributed by atoms with E-state index in [1.54, 1.807) is 19.2 Å². The van der Waals surface area contributed by atoms with Crippen LogP contribution in [0.4, 0.5) is 5.69 Å². The van der Waals surface area contributed by atoms with Crippen LogP contribution in [0.2, 0.25) is 10.0 Å². The number of nitrogens with zero attached hydrogens (tertiary/aromatic N) is 3. The summed E-state index contributed by atoms with van der Waals surface area (Å²) in [6.45, 7) is 0.840. The number of aliphatic hydroxyl groups is 1. The number of hydrazone groups is 1. The molecule has 244 valence electrons. The average molecular weight is 681 g/mol. The number of nitrogen functional groups attached to an aromatic ring is 1. The maximum Gasteiger partial charge on any atom is 0.247 e. The van der Waals surface area contributed by atoms with Crippen LogP contribution in [0.1, 0.15) is 42.9 Å². The molecular weight excluding hydrogens is 641 g/mol. The molecule has 1 fully saturated rings. The molecule has 0 spiro atoms. The SMILES string of the molecule is COc1ccc(C2=NN(C3CCN(S(=O)(=O)CCNCC(O)c4cc(Cl)c(N)c(Cl)c4)CC3)C(=O)[C@@H]3CC=CC[C@H]23)cc1OC. The van der Waals surface area contributed by atoms with Crippen LogP contribution in [0.3, 0.4) is 0 Å². The van der Waals surface area contributed by atoms with Gasteiger partial charge in [-0.2, -0.15) is 5.10 Å². The molecule has 5 rings (SSSR count). The van der Waals surface area contributed by atoms with Crippen LogP contribution in [0.5, 0.6) is 11.5 Å². The van der Waals surface area contributed by atoms with Gasteiger partial charge < -0.3 is 25.6 Å². The number of fused-ring (bicyclic) bond motifs is 1. The molecule has 3 atom stereocenters. The molecule has 1 amide bonds. The van der Waals surface area contributed by atoms with E-state index in [9.17, 15) is 18.3 Å². The Labute approximate surface area is 274 Å². The van der Waals surface area contributed by atoms with Gasteiger partial charge in [0.15, 0.2) is 11.5 Å². The lowest BCUT2D eigenvalue weighted by Gasteiger charge is -2.42. The van der Waals surface area contributed by atoms with Crippen molar-refractivity contribution >= 4 is 50.5 Å². The Morgan fingerprint density at radius 2 is 1.69 bits per heavy atom. The van der Waals surface area contributed by atoms with E-state index in [0.29, 0.717) is 36.3 Å². The van der Waals surface area contributed by atoms with Crippen LogP contribution in [0, 0.1) is 11.8 Å². The van der Waals surface area contributed by atoms with Crippen molar-refractivity contribution in [2.45, 2.75) is 37.8 Å². The van der Waals surface area contributed by atoms with E-state index in [1.165, 1.54) is 16.4 Å². The minimum atomic E-state index is -3.56. The molecule has 2 heterocycles. The molecule has 1 aliphatic carbocycles. The van der Waals surface area contributed by atoms with Gasteiger partial charge in [0.2, 0.25) is 15.9 Å². The van der Waals surface area contributed by atoms with Gasteiger partial charge in [0, 0.05) is 37.7 Å². The number of rotatable bonds is 11. The Morgan fingerprint density at radius 3 is 2.33 bits per heavy atom. The lowest BCUT2D eigenvalue weighted by atomic mass is 9.76. The van der Waals surface area contributed by atoms with Gasteiger partial charge in [-0.05, 0) is 61.6 Å². The number of piperidine rings is 1. The van der Waals surface area contributed by atoms with Crippen LogP contribution >= 0.6 is 23.2 Å². The van der Waals surface area contributed by atoms with E-state index in [1.807, 2.05) is 18.2 Å². The molecule has 3 aliphatic rings. The molecule has 0 bridgehead atoms. The van der Waals surface area contributed by atoms with E-state index in [2.05, 4.69) is 17.5 Å². The third-order valence-corrected chi connectivity index (χ3v) is 11.2. The van der Waals surface area contributed by atoms with Gasteiger partial charge in [-0.25, -0.2) is 17.7 Å². The topological polar surface area (TPSA) is 147 Å². The second kappa shape index (κ2) is 14.3. The van der Waals surface area contributed by atoms with Crippen molar-refractivity contribution in [3.8, 4) is 11.5 Å². The van der Waals surface area contributed by atoms with E-state index in [0.717, 1.165) is 17.7 Å². The van der Waals surface area contributed by atoms with Gasteiger partial charge >= 0.3 is 0 Å². The molecule has 0 saturated carbocycles. The summed E-state index contributed by atoms with van der Waals surface area (Å²) in [4.78, 5) is 13.7. The smallest absolute Gasteiger partial charge is 0.247 e. The zero-order valence-electron chi connectivity index (χ0n) is 25.3. The monoisotopic (exact) mass is 679 g/mol. The average Bonchev–Trinajstić information content (AvgIpc) is 3.05. The molecule has 2 aromatic carbocycles. The first-order valence-corrected chi connectivity index (χ1v) is 17.3. The van der Waals surface area contributed by atoms with Gasteiger partial charge in [-0.15, -0.1) is 0 Å². The molecule has 14 heteroatoms. The van der Waals surface area contributed by atoms with Crippen LogP contribution in [-0.2, 0) is 14.8 Å². The van der Waals surface area contributed by atoms with E-state index in [4.69, 9.17) is 43.5 Å². The zero-order valence-corrected chi connectivity index (χ0v) is 27.6. The zero-order chi connectivity index (χ0) is 32.3. The van der Waals surface area contributed by atoms with Crippen molar-refractivity contribution in [2.75, 3.05) is 51.9 Å². The number of hydrogen-bond acceptors (Lipinski definition) is 9. The number of nitrogens with one attached hydrogen (secondary N) is 1. The fourth-order valence-corrected chi connectivity index (χ4v) is 8.11. The van der Waals surface area contributed by atoms with Crippen LogP contribution < -0.4 is 20.5 Å². The Hall–Kier alpha value is -2.87. The first-order valence-electron chi connectivity index (χ1n) is 14.9. The van der Waals surface area contributed by atoms with Gasteiger partial charge in [0.05, 0.1) is 59.5 Å².